The number of rotatable bonds is 4. The number of hydrogen-bond acceptors (Lipinski definition) is 1. The first kappa shape index (κ1) is 12.8. The van der Waals surface area contributed by atoms with Crippen molar-refractivity contribution in [3.05, 3.63) is 33.8 Å². The van der Waals surface area contributed by atoms with Crippen LogP contribution in [-0.2, 0) is 6.42 Å². The van der Waals surface area contributed by atoms with Gasteiger partial charge >= 0.3 is 0 Å². The highest BCUT2D eigenvalue weighted by Gasteiger charge is 2.19. The first-order chi connectivity index (χ1) is 6.94. The molecule has 1 atom stereocenters. The molecule has 0 aliphatic carbocycles. The lowest BCUT2D eigenvalue weighted by Gasteiger charge is -2.22. The Morgan fingerprint density at radius 1 is 1.27 bits per heavy atom. The Morgan fingerprint density at radius 2 is 1.93 bits per heavy atom. The van der Waals surface area contributed by atoms with Crippen molar-refractivity contribution in [3.8, 4) is 0 Å². The van der Waals surface area contributed by atoms with Crippen molar-refractivity contribution in [2.45, 2.75) is 38.7 Å². The van der Waals surface area contributed by atoms with Gasteiger partial charge < -0.3 is 5.11 Å². The van der Waals surface area contributed by atoms with Gasteiger partial charge in [-0.25, -0.2) is 0 Å². The lowest BCUT2D eigenvalue weighted by atomic mass is 9.92. The lowest BCUT2D eigenvalue weighted by Crippen LogP contribution is -2.26. The predicted octanol–water partition coefficient (Wildman–Crippen LogP) is 4.09. The normalized spacial score (nSPS) is 15.0. The molecule has 84 valence electrons. The molecule has 0 saturated heterocycles. The van der Waals surface area contributed by atoms with Gasteiger partial charge in [0, 0.05) is 6.42 Å². The maximum Gasteiger partial charge on any atom is 0.0659 e. The molecule has 0 aromatic heterocycles. The summed E-state index contributed by atoms with van der Waals surface area (Å²) in [6.45, 7) is 3.91. The Bertz CT molecular complexity index is 334. The molecule has 1 unspecified atom stereocenters. The van der Waals surface area contributed by atoms with Crippen LogP contribution in [0.4, 0.5) is 0 Å². The summed E-state index contributed by atoms with van der Waals surface area (Å²) >= 11 is 11.7. The van der Waals surface area contributed by atoms with Crippen molar-refractivity contribution in [1.82, 2.24) is 0 Å². The fourth-order valence-corrected chi connectivity index (χ4v) is 2.04. The second-order valence-electron chi connectivity index (χ2n) is 4.17. The molecule has 0 fully saturated rings. The van der Waals surface area contributed by atoms with Crippen LogP contribution >= 0.6 is 23.2 Å². The Morgan fingerprint density at radius 3 is 2.47 bits per heavy atom. The quantitative estimate of drug-likeness (QED) is 0.849. The zero-order valence-electron chi connectivity index (χ0n) is 9.06. The zero-order chi connectivity index (χ0) is 11.5. The Balaban J connectivity index is 2.76. The van der Waals surface area contributed by atoms with Gasteiger partial charge in [-0.3, -0.25) is 0 Å². The maximum absolute atomic E-state index is 10.1. The highest BCUT2D eigenvalue weighted by molar-refractivity contribution is 6.42. The summed E-state index contributed by atoms with van der Waals surface area (Å²) in [7, 11) is 0. The minimum Gasteiger partial charge on any atom is -0.390 e. The van der Waals surface area contributed by atoms with Crippen molar-refractivity contribution in [2.24, 2.45) is 0 Å². The fraction of sp³-hybridized carbons (Fsp3) is 0.500. The molecule has 3 heteroatoms. The highest BCUT2D eigenvalue weighted by Crippen LogP contribution is 2.25. The van der Waals surface area contributed by atoms with Crippen LogP contribution in [0.15, 0.2) is 18.2 Å². The van der Waals surface area contributed by atoms with Gasteiger partial charge in [0.25, 0.3) is 0 Å². The molecule has 15 heavy (non-hydrogen) atoms. The summed E-state index contributed by atoms with van der Waals surface area (Å²) in [5.41, 5.74) is 0.356. The van der Waals surface area contributed by atoms with E-state index in [4.69, 9.17) is 23.2 Å². The van der Waals surface area contributed by atoms with Crippen LogP contribution in [0.1, 0.15) is 32.3 Å². The lowest BCUT2D eigenvalue weighted by molar-refractivity contribution is 0.0505. The summed E-state index contributed by atoms with van der Waals surface area (Å²) in [6, 6.07) is 5.48. The average Bonchev–Trinajstić information content (AvgIpc) is 2.10. The molecule has 0 heterocycles. The van der Waals surface area contributed by atoms with E-state index in [0.29, 0.717) is 16.5 Å². The Hall–Kier alpha value is -0.240. The van der Waals surface area contributed by atoms with Crippen molar-refractivity contribution < 1.29 is 5.11 Å². The van der Waals surface area contributed by atoms with Crippen LogP contribution < -0.4 is 0 Å². The molecular formula is C12H16Cl2O. The van der Waals surface area contributed by atoms with Gasteiger partial charge in [-0.1, -0.05) is 42.6 Å². The van der Waals surface area contributed by atoms with Gasteiger partial charge in [0.05, 0.1) is 15.6 Å². The van der Waals surface area contributed by atoms with Gasteiger partial charge in [0.1, 0.15) is 0 Å². The molecule has 0 bridgehead atoms. The molecule has 0 saturated carbocycles. The molecule has 0 radical (unpaired) electrons. The first-order valence-corrected chi connectivity index (χ1v) is 5.86. The van der Waals surface area contributed by atoms with Crippen molar-refractivity contribution >= 4 is 23.2 Å². The van der Waals surface area contributed by atoms with Gasteiger partial charge in [-0.15, -0.1) is 0 Å². The average molecular weight is 247 g/mol. The van der Waals surface area contributed by atoms with E-state index in [2.05, 4.69) is 6.92 Å². The van der Waals surface area contributed by atoms with E-state index in [1.807, 2.05) is 19.1 Å². The summed E-state index contributed by atoms with van der Waals surface area (Å²) in [4.78, 5) is 0. The van der Waals surface area contributed by atoms with Crippen molar-refractivity contribution in [1.29, 1.82) is 0 Å². The molecule has 1 N–H and O–H groups in total. The summed E-state index contributed by atoms with van der Waals surface area (Å²) < 4.78 is 0. The topological polar surface area (TPSA) is 20.2 Å². The van der Waals surface area contributed by atoms with Crippen molar-refractivity contribution in [2.75, 3.05) is 0 Å². The smallest absolute Gasteiger partial charge is 0.0659 e. The van der Waals surface area contributed by atoms with E-state index in [1.54, 1.807) is 6.07 Å². The van der Waals surface area contributed by atoms with Gasteiger partial charge in [0.2, 0.25) is 0 Å². The Labute approximate surface area is 101 Å². The number of halogens is 2. The minimum atomic E-state index is -0.661. The fourth-order valence-electron chi connectivity index (χ4n) is 1.72. The molecule has 1 aromatic carbocycles. The van der Waals surface area contributed by atoms with Crippen LogP contribution in [0.2, 0.25) is 10.0 Å². The van der Waals surface area contributed by atoms with Crippen molar-refractivity contribution in [3.63, 3.8) is 0 Å². The van der Waals surface area contributed by atoms with E-state index in [1.165, 1.54) is 0 Å². The predicted molar refractivity (Wildman–Crippen MR) is 65.7 cm³/mol. The number of hydrogen-bond donors (Lipinski definition) is 1. The third-order valence-electron chi connectivity index (χ3n) is 2.36. The Kier molecular flexibility index (Phi) is 4.45. The summed E-state index contributed by atoms with van der Waals surface area (Å²) in [6.07, 6.45) is 2.36. The second kappa shape index (κ2) is 5.20. The maximum atomic E-state index is 10.1. The number of benzene rings is 1. The standard InChI is InChI=1S/C12H16Cl2O/c1-3-6-12(2,15)8-9-4-5-10(13)11(14)7-9/h4-5,7,15H,3,6,8H2,1-2H3. The molecule has 0 aliphatic heterocycles. The van der Waals surface area contributed by atoms with Gasteiger partial charge in [0.15, 0.2) is 0 Å². The monoisotopic (exact) mass is 246 g/mol. The highest BCUT2D eigenvalue weighted by atomic mass is 35.5. The van der Waals surface area contributed by atoms with E-state index in [0.717, 1.165) is 18.4 Å². The number of aliphatic hydroxyl groups is 1. The van der Waals surface area contributed by atoms with E-state index in [-0.39, 0.29) is 0 Å². The molecule has 1 aromatic rings. The molecular weight excluding hydrogens is 231 g/mol. The summed E-state index contributed by atoms with van der Waals surface area (Å²) in [5, 5.41) is 11.1. The van der Waals surface area contributed by atoms with Crippen LogP contribution in [0.25, 0.3) is 0 Å². The molecule has 1 nitrogen and oxygen atoms in total. The second-order valence-corrected chi connectivity index (χ2v) is 4.99. The third-order valence-corrected chi connectivity index (χ3v) is 3.10. The van der Waals surface area contributed by atoms with Crippen LogP contribution in [-0.4, -0.2) is 10.7 Å². The van der Waals surface area contributed by atoms with Crippen LogP contribution in [0.5, 0.6) is 0 Å². The SMILES string of the molecule is CCCC(C)(O)Cc1ccc(Cl)c(Cl)c1. The zero-order valence-corrected chi connectivity index (χ0v) is 10.6. The largest absolute Gasteiger partial charge is 0.390 e. The van der Waals surface area contributed by atoms with E-state index < -0.39 is 5.60 Å². The summed E-state index contributed by atoms with van der Waals surface area (Å²) in [5.74, 6) is 0. The minimum absolute atomic E-state index is 0.543. The molecule has 0 amide bonds. The van der Waals surface area contributed by atoms with E-state index in [9.17, 15) is 5.11 Å². The third kappa shape index (κ3) is 4.02. The van der Waals surface area contributed by atoms with E-state index >= 15 is 0 Å². The molecule has 0 spiro atoms. The van der Waals surface area contributed by atoms with Crippen LogP contribution in [0.3, 0.4) is 0 Å². The first-order valence-electron chi connectivity index (χ1n) is 5.11. The van der Waals surface area contributed by atoms with Crippen LogP contribution in [0, 0.1) is 0 Å². The van der Waals surface area contributed by atoms with Gasteiger partial charge in [-0.05, 0) is 31.0 Å². The molecule has 0 aliphatic rings. The molecule has 1 rings (SSSR count). The van der Waals surface area contributed by atoms with Gasteiger partial charge in [-0.2, -0.15) is 0 Å².